The molecule has 6 heteroatoms. The number of methoxy groups -OCH3 is 1. The van der Waals surface area contributed by atoms with E-state index >= 15 is 0 Å². The van der Waals surface area contributed by atoms with Gasteiger partial charge in [-0.3, -0.25) is 10.1 Å². The van der Waals surface area contributed by atoms with Gasteiger partial charge >= 0.3 is 0 Å². The lowest BCUT2D eigenvalue weighted by Crippen LogP contribution is -2.24. The molecule has 0 heterocycles. The second-order valence-electron chi connectivity index (χ2n) is 4.32. The van der Waals surface area contributed by atoms with Gasteiger partial charge < -0.3 is 14.8 Å². The highest BCUT2D eigenvalue weighted by Gasteiger charge is 2.13. The van der Waals surface area contributed by atoms with E-state index < -0.39 is 4.92 Å². The van der Waals surface area contributed by atoms with Crippen molar-refractivity contribution in [1.82, 2.24) is 5.32 Å². The van der Waals surface area contributed by atoms with E-state index in [4.69, 9.17) is 9.47 Å². The van der Waals surface area contributed by atoms with Crippen LogP contribution in [0, 0.1) is 16.0 Å². The summed E-state index contributed by atoms with van der Waals surface area (Å²) in [4.78, 5) is 10.3. The van der Waals surface area contributed by atoms with Gasteiger partial charge in [-0.25, -0.2) is 0 Å². The molecule has 1 N–H and O–H groups in total. The molecule has 0 saturated carbocycles. The zero-order valence-corrected chi connectivity index (χ0v) is 11.5. The maximum absolute atomic E-state index is 10.7. The molecule has 6 nitrogen and oxygen atoms in total. The zero-order valence-electron chi connectivity index (χ0n) is 11.5. The second kappa shape index (κ2) is 7.58. The number of non-ortho nitro benzene ring substituents is 1. The molecular weight excluding hydrogens is 248 g/mol. The summed E-state index contributed by atoms with van der Waals surface area (Å²) in [6, 6.07) is 4.33. The van der Waals surface area contributed by atoms with Crippen molar-refractivity contribution in [2.45, 2.75) is 13.8 Å². The first-order valence-corrected chi connectivity index (χ1v) is 6.24. The van der Waals surface area contributed by atoms with Crippen LogP contribution >= 0.6 is 0 Å². The molecular formula is C13H20N2O4. The summed E-state index contributed by atoms with van der Waals surface area (Å²) in [5.41, 5.74) is -0.00450. The maximum Gasteiger partial charge on any atom is 0.273 e. The summed E-state index contributed by atoms with van der Waals surface area (Å²) in [7, 11) is 1.51. The molecule has 1 aromatic carbocycles. The monoisotopic (exact) mass is 268 g/mol. The summed E-state index contributed by atoms with van der Waals surface area (Å²) in [5.74, 6) is 1.21. The lowest BCUT2D eigenvalue weighted by molar-refractivity contribution is -0.385. The third-order valence-corrected chi connectivity index (χ3v) is 2.62. The van der Waals surface area contributed by atoms with Crippen molar-refractivity contribution in [3.05, 3.63) is 28.3 Å². The number of nitrogens with zero attached hydrogens (tertiary/aromatic N) is 1. The molecule has 0 aromatic heterocycles. The van der Waals surface area contributed by atoms with Crippen molar-refractivity contribution in [3.8, 4) is 11.5 Å². The number of rotatable bonds is 8. The molecule has 1 rings (SSSR count). The van der Waals surface area contributed by atoms with E-state index in [1.54, 1.807) is 6.07 Å². The van der Waals surface area contributed by atoms with Gasteiger partial charge in [0.15, 0.2) is 11.5 Å². The molecule has 0 radical (unpaired) electrons. The van der Waals surface area contributed by atoms with Gasteiger partial charge in [0, 0.05) is 18.5 Å². The molecule has 0 fully saturated rings. The number of hydrogen-bond donors (Lipinski definition) is 1. The SMILES string of the molecule is CCNCC(C)COc1cc([N+](=O)[O-])ccc1OC. The van der Waals surface area contributed by atoms with Crippen LogP contribution in [0.5, 0.6) is 11.5 Å². The van der Waals surface area contributed by atoms with Gasteiger partial charge in [0.25, 0.3) is 5.69 Å². The summed E-state index contributed by atoms with van der Waals surface area (Å²) in [6.07, 6.45) is 0. The van der Waals surface area contributed by atoms with Gasteiger partial charge in [0.1, 0.15) is 0 Å². The van der Waals surface area contributed by atoms with Crippen molar-refractivity contribution in [2.75, 3.05) is 26.8 Å². The van der Waals surface area contributed by atoms with E-state index in [-0.39, 0.29) is 5.69 Å². The smallest absolute Gasteiger partial charge is 0.273 e. The van der Waals surface area contributed by atoms with E-state index in [0.29, 0.717) is 24.0 Å². The van der Waals surface area contributed by atoms with Gasteiger partial charge in [0.2, 0.25) is 0 Å². The fourth-order valence-electron chi connectivity index (χ4n) is 1.57. The predicted molar refractivity (Wildman–Crippen MR) is 72.9 cm³/mol. The molecule has 0 bridgehead atoms. The molecule has 0 amide bonds. The lowest BCUT2D eigenvalue weighted by Gasteiger charge is -2.15. The first kappa shape index (κ1) is 15.2. The molecule has 0 aliphatic carbocycles. The average molecular weight is 268 g/mol. The maximum atomic E-state index is 10.7. The Morgan fingerprint density at radius 3 is 2.74 bits per heavy atom. The Morgan fingerprint density at radius 1 is 1.42 bits per heavy atom. The highest BCUT2D eigenvalue weighted by Crippen LogP contribution is 2.31. The fourth-order valence-corrected chi connectivity index (χ4v) is 1.57. The van der Waals surface area contributed by atoms with E-state index in [2.05, 4.69) is 5.32 Å². The Kier molecular flexibility index (Phi) is 6.08. The van der Waals surface area contributed by atoms with Crippen LogP contribution in [-0.4, -0.2) is 31.7 Å². The average Bonchev–Trinajstić information content (AvgIpc) is 2.42. The molecule has 0 saturated heterocycles. The molecule has 1 aromatic rings. The fraction of sp³-hybridized carbons (Fsp3) is 0.538. The Balaban J connectivity index is 2.69. The zero-order chi connectivity index (χ0) is 14.3. The first-order valence-electron chi connectivity index (χ1n) is 6.24. The second-order valence-corrected chi connectivity index (χ2v) is 4.32. The largest absolute Gasteiger partial charge is 0.493 e. The van der Waals surface area contributed by atoms with Gasteiger partial charge in [-0.05, 0) is 12.6 Å². The van der Waals surface area contributed by atoms with Crippen LogP contribution in [0.3, 0.4) is 0 Å². The van der Waals surface area contributed by atoms with Gasteiger partial charge in [-0.2, -0.15) is 0 Å². The van der Waals surface area contributed by atoms with E-state index in [0.717, 1.165) is 13.1 Å². The Hall–Kier alpha value is -1.82. The van der Waals surface area contributed by atoms with Crippen LogP contribution in [0.25, 0.3) is 0 Å². The first-order chi connectivity index (χ1) is 9.08. The lowest BCUT2D eigenvalue weighted by atomic mass is 10.2. The van der Waals surface area contributed by atoms with Crippen molar-refractivity contribution in [3.63, 3.8) is 0 Å². The van der Waals surface area contributed by atoms with Gasteiger partial charge in [-0.1, -0.05) is 13.8 Å². The Bertz CT molecular complexity index is 423. The molecule has 0 aliphatic heterocycles. The highest BCUT2D eigenvalue weighted by atomic mass is 16.6. The van der Waals surface area contributed by atoms with Crippen molar-refractivity contribution >= 4 is 5.69 Å². The third-order valence-electron chi connectivity index (χ3n) is 2.62. The van der Waals surface area contributed by atoms with E-state index in [9.17, 15) is 10.1 Å². The minimum Gasteiger partial charge on any atom is -0.493 e. The quantitative estimate of drug-likeness (QED) is 0.578. The molecule has 0 spiro atoms. The summed E-state index contributed by atoms with van der Waals surface area (Å²) in [6.45, 7) is 6.31. The molecule has 0 aliphatic rings. The highest BCUT2D eigenvalue weighted by molar-refractivity contribution is 5.48. The molecule has 106 valence electrons. The number of benzene rings is 1. The Morgan fingerprint density at radius 2 is 2.16 bits per heavy atom. The van der Waals surface area contributed by atoms with E-state index in [1.807, 2.05) is 13.8 Å². The normalized spacial score (nSPS) is 11.9. The van der Waals surface area contributed by atoms with Crippen LogP contribution < -0.4 is 14.8 Å². The molecule has 1 atom stereocenters. The number of nitro benzene ring substituents is 1. The number of nitro groups is 1. The van der Waals surface area contributed by atoms with Crippen LogP contribution in [0.4, 0.5) is 5.69 Å². The number of ether oxygens (including phenoxy) is 2. The molecule has 19 heavy (non-hydrogen) atoms. The molecule has 1 unspecified atom stereocenters. The minimum atomic E-state index is -0.450. The van der Waals surface area contributed by atoms with Gasteiger partial charge in [0.05, 0.1) is 24.7 Å². The third kappa shape index (κ3) is 4.75. The number of hydrogen-bond acceptors (Lipinski definition) is 5. The summed E-state index contributed by atoms with van der Waals surface area (Å²) in [5, 5.41) is 14.0. The predicted octanol–water partition coefficient (Wildman–Crippen LogP) is 2.23. The Labute approximate surface area is 112 Å². The van der Waals surface area contributed by atoms with Gasteiger partial charge in [-0.15, -0.1) is 0 Å². The van der Waals surface area contributed by atoms with E-state index in [1.165, 1.54) is 19.2 Å². The minimum absolute atomic E-state index is 0.00450. The van der Waals surface area contributed by atoms with Crippen LogP contribution in [0.15, 0.2) is 18.2 Å². The standard InChI is InChI=1S/C13H20N2O4/c1-4-14-8-10(2)9-19-13-7-11(15(16)17)5-6-12(13)18-3/h5-7,10,14H,4,8-9H2,1-3H3. The summed E-state index contributed by atoms with van der Waals surface area (Å²) >= 11 is 0. The van der Waals surface area contributed by atoms with Crippen molar-refractivity contribution < 1.29 is 14.4 Å². The summed E-state index contributed by atoms with van der Waals surface area (Å²) < 4.78 is 10.7. The van der Waals surface area contributed by atoms with Crippen LogP contribution in [0.1, 0.15) is 13.8 Å². The van der Waals surface area contributed by atoms with Crippen molar-refractivity contribution in [2.24, 2.45) is 5.92 Å². The number of nitrogens with one attached hydrogen (secondary N) is 1. The van der Waals surface area contributed by atoms with Crippen LogP contribution in [-0.2, 0) is 0 Å². The van der Waals surface area contributed by atoms with Crippen molar-refractivity contribution in [1.29, 1.82) is 0 Å². The van der Waals surface area contributed by atoms with Crippen LogP contribution in [0.2, 0.25) is 0 Å². The topological polar surface area (TPSA) is 73.6 Å².